The maximum Gasteiger partial charge on any atom is 0.282 e. The van der Waals surface area contributed by atoms with Crippen molar-refractivity contribution in [3.8, 4) is 0 Å². The molecule has 0 atom stereocenters. The van der Waals surface area contributed by atoms with Gasteiger partial charge in [-0.05, 0) is 73.0 Å². The van der Waals surface area contributed by atoms with Crippen LogP contribution in [0.2, 0.25) is 5.02 Å². The number of anilines is 3. The molecule has 0 aromatic heterocycles. The number of halogens is 1. The minimum Gasteiger partial charge on any atom is -0.378 e. The van der Waals surface area contributed by atoms with E-state index in [-0.39, 0.29) is 11.6 Å². The average molecular weight is 446 g/mol. The Morgan fingerprint density at radius 1 is 0.844 bits per heavy atom. The quantitative estimate of drug-likeness (QED) is 0.533. The van der Waals surface area contributed by atoms with Crippen molar-refractivity contribution in [1.29, 1.82) is 0 Å². The van der Waals surface area contributed by atoms with Gasteiger partial charge in [0.1, 0.15) is 5.70 Å². The van der Waals surface area contributed by atoms with Crippen molar-refractivity contribution in [3.63, 3.8) is 0 Å². The standard InChI is InChI=1S/C26H24ClN3O2/c1-16-6-5-7-22(17(16)2)28-24-23(18-8-10-19(27)11-9-18)25(31)30(26(24)32)21-14-12-20(13-15-21)29(3)4/h5-15,28H,1-4H3. The van der Waals surface area contributed by atoms with E-state index in [1.165, 1.54) is 4.90 Å². The van der Waals surface area contributed by atoms with Crippen LogP contribution in [0.1, 0.15) is 16.7 Å². The van der Waals surface area contributed by atoms with E-state index in [4.69, 9.17) is 11.6 Å². The molecule has 0 saturated carbocycles. The minimum absolute atomic E-state index is 0.253. The second-order valence-corrected chi connectivity index (χ2v) is 8.42. The molecule has 4 rings (SSSR count). The Kier molecular flexibility index (Phi) is 5.76. The summed E-state index contributed by atoms with van der Waals surface area (Å²) in [5.74, 6) is -0.763. The summed E-state index contributed by atoms with van der Waals surface area (Å²) in [6.45, 7) is 3.99. The number of carbonyl (C=O) groups is 2. The Labute approximate surface area is 192 Å². The van der Waals surface area contributed by atoms with Crippen LogP contribution in [0.5, 0.6) is 0 Å². The number of amides is 2. The Bertz CT molecular complexity index is 1230. The summed E-state index contributed by atoms with van der Waals surface area (Å²) >= 11 is 6.05. The smallest absolute Gasteiger partial charge is 0.282 e. The molecule has 0 aliphatic carbocycles. The molecule has 3 aromatic carbocycles. The summed E-state index contributed by atoms with van der Waals surface area (Å²) in [6.07, 6.45) is 0. The van der Waals surface area contributed by atoms with Crippen molar-refractivity contribution in [1.82, 2.24) is 0 Å². The van der Waals surface area contributed by atoms with Crippen molar-refractivity contribution in [3.05, 3.63) is 94.1 Å². The van der Waals surface area contributed by atoms with Crippen LogP contribution in [0, 0.1) is 13.8 Å². The highest BCUT2D eigenvalue weighted by atomic mass is 35.5. The van der Waals surface area contributed by atoms with Crippen molar-refractivity contribution >= 4 is 46.1 Å². The van der Waals surface area contributed by atoms with Gasteiger partial charge in [-0.15, -0.1) is 0 Å². The first kappa shape index (κ1) is 21.7. The predicted octanol–water partition coefficient (Wildman–Crippen LogP) is 5.42. The normalized spacial score (nSPS) is 13.7. The molecule has 1 heterocycles. The van der Waals surface area contributed by atoms with Crippen LogP contribution in [0.15, 0.2) is 72.4 Å². The van der Waals surface area contributed by atoms with Gasteiger partial charge in [0.15, 0.2) is 0 Å². The highest BCUT2D eigenvalue weighted by Crippen LogP contribution is 2.35. The largest absolute Gasteiger partial charge is 0.378 e. The third-order valence-electron chi connectivity index (χ3n) is 5.71. The van der Waals surface area contributed by atoms with Crippen LogP contribution in [-0.2, 0) is 9.59 Å². The molecule has 2 amide bonds. The van der Waals surface area contributed by atoms with Gasteiger partial charge in [0.2, 0.25) is 0 Å². The van der Waals surface area contributed by atoms with Crippen LogP contribution in [0.4, 0.5) is 17.1 Å². The van der Waals surface area contributed by atoms with E-state index >= 15 is 0 Å². The fourth-order valence-corrected chi connectivity index (χ4v) is 3.81. The van der Waals surface area contributed by atoms with Gasteiger partial charge in [-0.1, -0.05) is 35.9 Å². The number of hydrogen-bond acceptors (Lipinski definition) is 4. The SMILES string of the molecule is Cc1cccc(NC2=C(c3ccc(Cl)cc3)C(=O)N(c3ccc(N(C)C)cc3)C2=O)c1C. The Morgan fingerprint density at radius 2 is 1.50 bits per heavy atom. The summed E-state index contributed by atoms with van der Waals surface area (Å²) < 4.78 is 0. The van der Waals surface area contributed by atoms with Gasteiger partial charge in [-0.3, -0.25) is 9.59 Å². The maximum atomic E-state index is 13.5. The van der Waals surface area contributed by atoms with Crippen LogP contribution in [0.25, 0.3) is 5.57 Å². The number of carbonyl (C=O) groups excluding carboxylic acids is 2. The Hall–Kier alpha value is -3.57. The van der Waals surface area contributed by atoms with Gasteiger partial charge in [0.25, 0.3) is 11.8 Å². The lowest BCUT2D eigenvalue weighted by molar-refractivity contribution is -0.120. The molecule has 5 nitrogen and oxygen atoms in total. The fourth-order valence-electron chi connectivity index (χ4n) is 3.69. The molecular weight excluding hydrogens is 422 g/mol. The summed E-state index contributed by atoms with van der Waals surface area (Å²) in [4.78, 5) is 30.3. The molecule has 0 bridgehead atoms. The molecule has 0 unspecified atom stereocenters. The number of aryl methyl sites for hydroxylation is 1. The minimum atomic E-state index is -0.390. The Balaban J connectivity index is 1.81. The van der Waals surface area contributed by atoms with E-state index in [1.807, 2.05) is 63.2 Å². The van der Waals surface area contributed by atoms with Gasteiger partial charge < -0.3 is 10.2 Å². The van der Waals surface area contributed by atoms with Crippen LogP contribution in [-0.4, -0.2) is 25.9 Å². The lowest BCUT2D eigenvalue weighted by Crippen LogP contribution is -2.32. The van der Waals surface area contributed by atoms with Crippen molar-refractivity contribution in [2.75, 3.05) is 29.2 Å². The van der Waals surface area contributed by atoms with Crippen LogP contribution in [0.3, 0.4) is 0 Å². The van der Waals surface area contributed by atoms with Crippen LogP contribution >= 0.6 is 11.6 Å². The first-order chi connectivity index (χ1) is 15.3. The third-order valence-corrected chi connectivity index (χ3v) is 5.96. The highest BCUT2D eigenvalue weighted by molar-refractivity contribution is 6.46. The second-order valence-electron chi connectivity index (χ2n) is 7.99. The lowest BCUT2D eigenvalue weighted by atomic mass is 10.0. The number of rotatable bonds is 5. The molecule has 1 N–H and O–H groups in total. The first-order valence-corrected chi connectivity index (χ1v) is 10.7. The zero-order valence-electron chi connectivity index (χ0n) is 18.4. The van der Waals surface area contributed by atoms with Gasteiger partial charge in [-0.25, -0.2) is 4.90 Å². The zero-order valence-corrected chi connectivity index (χ0v) is 19.2. The molecule has 3 aromatic rings. The molecule has 1 aliphatic heterocycles. The van der Waals surface area contributed by atoms with E-state index in [0.717, 1.165) is 22.5 Å². The molecule has 0 saturated heterocycles. The zero-order chi connectivity index (χ0) is 23.0. The summed E-state index contributed by atoms with van der Waals surface area (Å²) in [5.41, 5.74) is 5.61. The number of benzene rings is 3. The van der Waals surface area contributed by atoms with Crippen molar-refractivity contribution in [2.24, 2.45) is 0 Å². The molecule has 162 valence electrons. The van der Waals surface area contributed by atoms with Gasteiger partial charge in [0, 0.05) is 30.5 Å². The average Bonchev–Trinajstić information content (AvgIpc) is 3.01. The molecule has 1 aliphatic rings. The molecule has 0 fully saturated rings. The first-order valence-electron chi connectivity index (χ1n) is 10.3. The number of imide groups is 1. The fraction of sp³-hybridized carbons (Fsp3) is 0.154. The predicted molar refractivity (Wildman–Crippen MR) is 131 cm³/mol. The van der Waals surface area contributed by atoms with E-state index in [9.17, 15) is 9.59 Å². The highest BCUT2D eigenvalue weighted by Gasteiger charge is 2.40. The third kappa shape index (κ3) is 3.87. The number of nitrogens with one attached hydrogen (secondary N) is 1. The molecule has 0 spiro atoms. The Morgan fingerprint density at radius 3 is 2.12 bits per heavy atom. The topological polar surface area (TPSA) is 52.7 Å². The van der Waals surface area contributed by atoms with Gasteiger partial charge in [-0.2, -0.15) is 0 Å². The molecule has 6 heteroatoms. The molecular formula is C26H24ClN3O2. The van der Waals surface area contributed by atoms with Crippen LogP contribution < -0.4 is 15.1 Å². The summed E-state index contributed by atoms with van der Waals surface area (Å²) in [7, 11) is 3.88. The number of nitrogens with zero attached hydrogens (tertiary/aromatic N) is 2. The monoisotopic (exact) mass is 445 g/mol. The summed E-state index contributed by atoms with van der Waals surface area (Å²) in [6, 6.07) is 20.1. The molecule has 32 heavy (non-hydrogen) atoms. The second kappa shape index (κ2) is 8.52. The van der Waals surface area contributed by atoms with Crippen molar-refractivity contribution in [2.45, 2.75) is 13.8 Å². The van der Waals surface area contributed by atoms with E-state index in [0.29, 0.717) is 21.8 Å². The van der Waals surface area contributed by atoms with Crippen molar-refractivity contribution < 1.29 is 9.59 Å². The lowest BCUT2D eigenvalue weighted by Gasteiger charge is -2.18. The maximum absolute atomic E-state index is 13.5. The van der Waals surface area contributed by atoms with E-state index in [2.05, 4.69) is 5.32 Å². The number of hydrogen-bond donors (Lipinski definition) is 1. The van der Waals surface area contributed by atoms with Gasteiger partial charge >= 0.3 is 0 Å². The molecule has 0 radical (unpaired) electrons. The van der Waals surface area contributed by atoms with E-state index in [1.54, 1.807) is 36.4 Å². The van der Waals surface area contributed by atoms with E-state index < -0.39 is 5.91 Å². The van der Waals surface area contributed by atoms with Gasteiger partial charge in [0.05, 0.1) is 11.3 Å². The summed E-state index contributed by atoms with van der Waals surface area (Å²) in [5, 5.41) is 3.81.